The van der Waals surface area contributed by atoms with Gasteiger partial charge in [-0.25, -0.2) is 0 Å². The lowest BCUT2D eigenvalue weighted by Crippen LogP contribution is -2.26. The van der Waals surface area contributed by atoms with E-state index in [4.69, 9.17) is 17.3 Å². The molecule has 2 nitrogen and oxygen atoms in total. The van der Waals surface area contributed by atoms with E-state index in [2.05, 4.69) is 22.9 Å². The number of nitrogens with two attached hydrogens (primary N) is 1. The standard InChI is InChI=1S/C12H17BrClNO/c1-2-3-4-11(16)12(15)8-5-6-10(14)9(13)7-8/h5-7,11-12,16H,2-4,15H2,1H3/t11-,12+/m1/s1. The molecule has 0 saturated heterocycles. The SMILES string of the molecule is CCCC[C@@H](O)[C@@H](N)c1ccc(Cl)c(Br)c1. The lowest BCUT2D eigenvalue weighted by atomic mass is 9.98. The Kier molecular flexibility index (Phi) is 5.76. The van der Waals surface area contributed by atoms with Gasteiger partial charge in [0.25, 0.3) is 0 Å². The maximum Gasteiger partial charge on any atom is 0.0732 e. The van der Waals surface area contributed by atoms with Gasteiger partial charge in [0.05, 0.1) is 17.2 Å². The summed E-state index contributed by atoms with van der Waals surface area (Å²) in [4.78, 5) is 0. The zero-order valence-electron chi connectivity index (χ0n) is 9.29. The van der Waals surface area contributed by atoms with E-state index in [-0.39, 0.29) is 6.04 Å². The highest BCUT2D eigenvalue weighted by Crippen LogP contribution is 2.27. The van der Waals surface area contributed by atoms with Crippen molar-refractivity contribution in [1.82, 2.24) is 0 Å². The Labute approximate surface area is 110 Å². The monoisotopic (exact) mass is 305 g/mol. The minimum Gasteiger partial charge on any atom is -0.391 e. The molecule has 0 aliphatic heterocycles. The fourth-order valence-electron chi connectivity index (χ4n) is 1.53. The third-order valence-electron chi connectivity index (χ3n) is 2.60. The molecule has 90 valence electrons. The molecule has 0 unspecified atom stereocenters. The van der Waals surface area contributed by atoms with E-state index >= 15 is 0 Å². The van der Waals surface area contributed by atoms with Gasteiger partial charge in [-0.3, -0.25) is 0 Å². The second-order valence-corrected chi connectivity index (χ2v) is 5.17. The first-order chi connectivity index (χ1) is 7.56. The molecule has 0 amide bonds. The predicted molar refractivity (Wildman–Crippen MR) is 71.6 cm³/mol. The van der Waals surface area contributed by atoms with Crippen LogP contribution in [0.1, 0.15) is 37.8 Å². The van der Waals surface area contributed by atoms with Gasteiger partial charge in [0.15, 0.2) is 0 Å². The first-order valence-electron chi connectivity index (χ1n) is 5.44. The number of aliphatic hydroxyl groups is 1. The quantitative estimate of drug-likeness (QED) is 0.872. The summed E-state index contributed by atoms with van der Waals surface area (Å²) >= 11 is 9.25. The molecule has 1 rings (SSSR count). The van der Waals surface area contributed by atoms with Gasteiger partial charge in [-0.1, -0.05) is 37.4 Å². The number of halogens is 2. The van der Waals surface area contributed by atoms with Gasteiger partial charge < -0.3 is 10.8 Å². The molecule has 3 N–H and O–H groups in total. The molecular weight excluding hydrogens is 289 g/mol. The van der Waals surface area contributed by atoms with Crippen LogP contribution < -0.4 is 5.73 Å². The summed E-state index contributed by atoms with van der Waals surface area (Å²) in [5.74, 6) is 0. The van der Waals surface area contributed by atoms with Gasteiger partial charge in [-0.2, -0.15) is 0 Å². The van der Waals surface area contributed by atoms with E-state index < -0.39 is 6.10 Å². The Morgan fingerprint density at radius 2 is 2.19 bits per heavy atom. The largest absolute Gasteiger partial charge is 0.391 e. The van der Waals surface area contributed by atoms with Crippen molar-refractivity contribution in [2.45, 2.75) is 38.3 Å². The summed E-state index contributed by atoms with van der Waals surface area (Å²) in [6.45, 7) is 2.09. The summed E-state index contributed by atoms with van der Waals surface area (Å²) in [6.07, 6.45) is 2.29. The number of aliphatic hydroxyl groups excluding tert-OH is 1. The molecule has 0 aliphatic rings. The zero-order chi connectivity index (χ0) is 12.1. The lowest BCUT2D eigenvalue weighted by Gasteiger charge is -2.19. The van der Waals surface area contributed by atoms with Crippen LogP contribution in [-0.4, -0.2) is 11.2 Å². The highest BCUT2D eigenvalue weighted by Gasteiger charge is 2.16. The molecule has 0 saturated carbocycles. The predicted octanol–water partition coefficient (Wildman–Crippen LogP) is 3.65. The van der Waals surface area contributed by atoms with Gasteiger partial charge in [0.1, 0.15) is 0 Å². The molecule has 1 aromatic carbocycles. The average molecular weight is 307 g/mol. The summed E-state index contributed by atoms with van der Waals surface area (Å²) in [7, 11) is 0. The fourth-order valence-corrected chi connectivity index (χ4v) is 2.05. The third-order valence-corrected chi connectivity index (χ3v) is 3.81. The van der Waals surface area contributed by atoms with Crippen molar-refractivity contribution in [2.24, 2.45) is 5.73 Å². The van der Waals surface area contributed by atoms with Crippen LogP contribution in [0.3, 0.4) is 0 Å². The van der Waals surface area contributed by atoms with Crippen molar-refractivity contribution in [1.29, 1.82) is 0 Å². The number of hydrogen-bond acceptors (Lipinski definition) is 2. The zero-order valence-corrected chi connectivity index (χ0v) is 11.6. The van der Waals surface area contributed by atoms with E-state index in [1.54, 1.807) is 6.07 Å². The molecule has 0 aromatic heterocycles. The average Bonchev–Trinajstić information content (AvgIpc) is 2.28. The second-order valence-electron chi connectivity index (χ2n) is 3.91. The van der Waals surface area contributed by atoms with Crippen molar-refractivity contribution >= 4 is 27.5 Å². The molecule has 0 aliphatic carbocycles. The van der Waals surface area contributed by atoms with Crippen LogP contribution in [0.4, 0.5) is 0 Å². The minimum atomic E-state index is -0.493. The number of hydrogen-bond donors (Lipinski definition) is 2. The fraction of sp³-hybridized carbons (Fsp3) is 0.500. The Balaban J connectivity index is 2.71. The summed E-state index contributed by atoms with van der Waals surface area (Å²) in [5, 5.41) is 10.5. The van der Waals surface area contributed by atoms with Crippen molar-refractivity contribution in [3.8, 4) is 0 Å². The minimum absolute atomic E-state index is 0.347. The molecule has 2 atom stereocenters. The number of rotatable bonds is 5. The Hall–Kier alpha value is -0.0900. The maximum absolute atomic E-state index is 9.89. The van der Waals surface area contributed by atoms with E-state index in [1.807, 2.05) is 12.1 Å². The van der Waals surface area contributed by atoms with Crippen molar-refractivity contribution in [3.63, 3.8) is 0 Å². The summed E-state index contributed by atoms with van der Waals surface area (Å²) in [6, 6.07) is 5.16. The van der Waals surface area contributed by atoms with E-state index in [0.29, 0.717) is 5.02 Å². The van der Waals surface area contributed by atoms with Crippen LogP contribution in [0.15, 0.2) is 22.7 Å². The van der Waals surface area contributed by atoms with Gasteiger partial charge in [0, 0.05) is 4.47 Å². The van der Waals surface area contributed by atoms with Gasteiger partial charge in [0.2, 0.25) is 0 Å². The van der Waals surface area contributed by atoms with Crippen LogP contribution in [0.25, 0.3) is 0 Å². The second kappa shape index (κ2) is 6.60. The first-order valence-corrected chi connectivity index (χ1v) is 6.62. The van der Waals surface area contributed by atoms with Gasteiger partial charge >= 0.3 is 0 Å². The van der Waals surface area contributed by atoms with Crippen LogP contribution in [-0.2, 0) is 0 Å². The van der Waals surface area contributed by atoms with Crippen LogP contribution in [0.2, 0.25) is 5.02 Å². The lowest BCUT2D eigenvalue weighted by molar-refractivity contribution is 0.132. The number of unbranched alkanes of at least 4 members (excludes halogenated alkanes) is 1. The molecule has 0 fully saturated rings. The first kappa shape index (κ1) is 14.0. The molecule has 0 heterocycles. The molecule has 4 heteroatoms. The topological polar surface area (TPSA) is 46.2 Å². The Bertz CT molecular complexity index is 346. The van der Waals surface area contributed by atoms with Gasteiger partial charge in [-0.05, 0) is 40.0 Å². The highest BCUT2D eigenvalue weighted by molar-refractivity contribution is 9.10. The van der Waals surface area contributed by atoms with Crippen LogP contribution in [0.5, 0.6) is 0 Å². The van der Waals surface area contributed by atoms with Crippen molar-refractivity contribution in [2.75, 3.05) is 0 Å². The van der Waals surface area contributed by atoms with Crippen LogP contribution in [0, 0.1) is 0 Å². The van der Waals surface area contributed by atoms with Gasteiger partial charge in [-0.15, -0.1) is 0 Å². The van der Waals surface area contributed by atoms with Crippen molar-refractivity contribution in [3.05, 3.63) is 33.3 Å². The van der Waals surface area contributed by atoms with Crippen molar-refractivity contribution < 1.29 is 5.11 Å². The molecule has 1 aromatic rings. The Morgan fingerprint density at radius 3 is 2.75 bits per heavy atom. The summed E-state index contributed by atoms with van der Waals surface area (Å²) < 4.78 is 0.810. The molecule has 0 bridgehead atoms. The Morgan fingerprint density at radius 1 is 1.50 bits per heavy atom. The highest BCUT2D eigenvalue weighted by atomic mass is 79.9. The van der Waals surface area contributed by atoms with E-state index in [1.165, 1.54) is 0 Å². The third kappa shape index (κ3) is 3.74. The number of benzene rings is 1. The molecule has 16 heavy (non-hydrogen) atoms. The molecule has 0 spiro atoms. The maximum atomic E-state index is 9.89. The molecular formula is C12H17BrClNO. The van der Waals surface area contributed by atoms with Crippen LogP contribution >= 0.6 is 27.5 Å². The normalized spacial score (nSPS) is 14.8. The molecule has 0 radical (unpaired) electrons. The smallest absolute Gasteiger partial charge is 0.0732 e. The summed E-state index contributed by atoms with van der Waals surface area (Å²) in [5.41, 5.74) is 6.89. The van der Waals surface area contributed by atoms with E-state index in [0.717, 1.165) is 29.3 Å². The van der Waals surface area contributed by atoms with E-state index in [9.17, 15) is 5.11 Å².